The molecule has 6 heteroatoms. The normalized spacial score (nSPS) is 26.4. The third-order valence-corrected chi connectivity index (χ3v) is 4.70. The predicted octanol–water partition coefficient (Wildman–Crippen LogP) is 0.295. The van der Waals surface area contributed by atoms with E-state index in [1.165, 1.54) is 26.1 Å². The van der Waals surface area contributed by atoms with Crippen molar-refractivity contribution in [2.45, 2.75) is 51.4 Å². The van der Waals surface area contributed by atoms with Crippen molar-refractivity contribution in [2.75, 3.05) is 26.2 Å². The van der Waals surface area contributed by atoms with Gasteiger partial charge >= 0.3 is 0 Å². The minimum atomic E-state index is 0.423. The number of nitrogens with zero attached hydrogens (tertiary/aromatic N) is 5. The Labute approximate surface area is 120 Å². The number of likely N-dealkylation sites (tertiary alicyclic amines) is 2. The number of aryl methyl sites for hydroxylation is 1. The van der Waals surface area contributed by atoms with Crippen LogP contribution in [0.5, 0.6) is 0 Å². The Morgan fingerprint density at radius 3 is 2.80 bits per heavy atom. The fraction of sp³-hybridized carbons (Fsp3) is 0.857. The van der Waals surface area contributed by atoms with Gasteiger partial charge < -0.3 is 5.73 Å². The topological polar surface area (TPSA) is 63.2 Å². The van der Waals surface area contributed by atoms with Crippen LogP contribution >= 0.6 is 0 Å². The highest BCUT2D eigenvalue weighted by atomic mass is 15.4. The van der Waals surface area contributed by atoms with Crippen LogP contribution in [0, 0.1) is 0 Å². The van der Waals surface area contributed by atoms with E-state index in [2.05, 4.69) is 26.8 Å². The van der Waals surface area contributed by atoms with Crippen molar-refractivity contribution in [1.82, 2.24) is 24.6 Å². The van der Waals surface area contributed by atoms with Gasteiger partial charge in [0.2, 0.25) is 0 Å². The largest absolute Gasteiger partial charge is 0.328 e. The van der Waals surface area contributed by atoms with E-state index in [9.17, 15) is 0 Å². The zero-order valence-corrected chi connectivity index (χ0v) is 12.4. The number of nitrogens with two attached hydrogens (primary N) is 1. The lowest BCUT2D eigenvalue weighted by atomic mass is 10.0. The molecule has 112 valence electrons. The van der Waals surface area contributed by atoms with Gasteiger partial charge in [0.15, 0.2) is 0 Å². The second kappa shape index (κ2) is 6.20. The quantitative estimate of drug-likeness (QED) is 0.858. The molecule has 20 heavy (non-hydrogen) atoms. The van der Waals surface area contributed by atoms with Crippen LogP contribution in [0.25, 0.3) is 0 Å². The maximum atomic E-state index is 5.99. The van der Waals surface area contributed by atoms with Crippen LogP contribution < -0.4 is 5.73 Å². The molecule has 1 aromatic heterocycles. The summed E-state index contributed by atoms with van der Waals surface area (Å²) < 4.78 is 1.99. The molecule has 3 heterocycles. The summed E-state index contributed by atoms with van der Waals surface area (Å²) >= 11 is 0. The molecule has 1 unspecified atom stereocenters. The van der Waals surface area contributed by atoms with Gasteiger partial charge in [0.25, 0.3) is 0 Å². The Kier molecular flexibility index (Phi) is 4.33. The van der Waals surface area contributed by atoms with E-state index in [-0.39, 0.29) is 0 Å². The maximum Gasteiger partial charge on any atom is 0.140 e. The molecule has 2 aliphatic rings. The van der Waals surface area contributed by atoms with Gasteiger partial charge in [-0.2, -0.15) is 5.10 Å². The Bertz CT molecular complexity index is 423. The van der Waals surface area contributed by atoms with E-state index in [1.54, 1.807) is 6.33 Å². The fourth-order valence-electron chi connectivity index (χ4n) is 3.41. The number of hydrogen-bond donors (Lipinski definition) is 1. The summed E-state index contributed by atoms with van der Waals surface area (Å²) in [5, 5.41) is 4.25. The van der Waals surface area contributed by atoms with Crippen LogP contribution in [0.3, 0.4) is 0 Å². The second-order valence-corrected chi connectivity index (χ2v) is 6.04. The number of hydrogen-bond acceptors (Lipinski definition) is 5. The zero-order valence-electron chi connectivity index (χ0n) is 12.4. The number of rotatable bonds is 4. The first kappa shape index (κ1) is 14.0. The highest BCUT2D eigenvalue weighted by Gasteiger charge is 2.30. The molecule has 0 aromatic carbocycles. The maximum absolute atomic E-state index is 5.99. The molecule has 0 aliphatic carbocycles. The second-order valence-electron chi connectivity index (χ2n) is 6.04. The van der Waals surface area contributed by atoms with Crippen LogP contribution in [0.15, 0.2) is 6.33 Å². The lowest BCUT2D eigenvalue weighted by Crippen LogP contribution is -2.46. The van der Waals surface area contributed by atoms with Gasteiger partial charge in [0.05, 0.1) is 6.54 Å². The van der Waals surface area contributed by atoms with E-state index < -0.39 is 0 Å². The molecule has 0 radical (unpaired) electrons. The Balaban J connectivity index is 1.52. The van der Waals surface area contributed by atoms with Gasteiger partial charge in [-0.15, -0.1) is 0 Å². The first-order valence-electron chi connectivity index (χ1n) is 7.85. The lowest BCUT2D eigenvalue weighted by molar-refractivity contribution is 0.151. The molecule has 1 aromatic rings. The zero-order chi connectivity index (χ0) is 13.9. The average molecular weight is 278 g/mol. The number of aromatic nitrogens is 3. The van der Waals surface area contributed by atoms with Gasteiger partial charge in [-0.05, 0) is 39.3 Å². The Morgan fingerprint density at radius 2 is 2.05 bits per heavy atom. The van der Waals surface area contributed by atoms with Crippen LogP contribution in [0.2, 0.25) is 0 Å². The van der Waals surface area contributed by atoms with Crippen molar-refractivity contribution in [3.05, 3.63) is 12.2 Å². The van der Waals surface area contributed by atoms with E-state index in [4.69, 9.17) is 5.73 Å². The smallest absolute Gasteiger partial charge is 0.140 e. The number of piperidine rings is 1. The average Bonchev–Trinajstić information content (AvgIpc) is 3.09. The van der Waals surface area contributed by atoms with Crippen molar-refractivity contribution in [1.29, 1.82) is 0 Å². The van der Waals surface area contributed by atoms with Gasteiger partial charge in [-0.3, -0.25) is 9.80 Å². The van der Waals surface area contributed by atoms with E-state index in [1.807, 2.05) is 4.68 Å². The molecule has 0 spiro atoms. The predicted molar refractivity (Wildman–Crippen MR) is 78.2 cm³/mol. The van der Waals surface area contributed by atoms with Gasteiger partial charge in [0, 0.05) is 31.7 Å². The Hall–Kier alpha value is -0.980. The minimum Gasteiger partial charge on any atom is -0.328 e. The van der Waals surface area contributed by atoms with E-state index in [0.717, 1.165) is 38.3 Å². The third kappa shape index (κ3) is 3.02. The molecule has 0 amide bonds. The van der Waals surface area contributed by atoms with Gasteiger partial charge in [-0.25, -0.2) is 9.67 Å². The van der Waals surface area contributed by atoms with Crippen molar-refractivity contribution in [3.63, 3.8) is 0 Å². The molecule has 6 nitrogen and oxygen atoms in total. The molecule has 2 N–H and O–H groups in total. The monoisotopic (exact) mass is 278 g/mol. The van der Waals surface area contributed by atoms with Crippen LogP contribution in [-0.2, 0) is 13.1 Å². The van der Waals surface area contributed by atoms with Crippen molar-refractivity contribution in [2.24, 2.45) is 5.73 Å². The molecule has 2 saturated heterocycles. The summed E-state index contributed by atoms with van der Waals surface area (Å²) in [5.74, 6) is 1.09. The van der Waals surface area contributed by atoms with Crippen LogP contribution in [0.1, 0.15) is 32.0 Å². The molecule has 0 saturated carbocycles. The van der Waals surface area contributed by atoms with Crippen molar-refractivity contribution >= 4 is 0 Å². The van der Waals surface area contributed by atoms with Crippen LogP contribution in [0.4, 0.5) is 0 Å². The summed E-state index contributed by atoms with van der Waals surface area (Å²) in [6.07, 6.45) is 5.25. The molecule has 2 fully saturated rings. The summed E-state index contributed by atoms with van der Waals surface area (Å²) in [4.78, 5) is 9.52. The third-order valence-electron chi connectivity index (χ3n) is 4.70. The van der Waals surface area contributed by atoms with Crippen molar-refractivity contribution < 1.29 is 0 Å². The standard InChI is InChI=1S/C14H26N6/c1-2-20-14(16-11-17-20)10-18-6-5-13(9-18)19-7-3-12(15)4-8-19/h11-13H,2-10,15H2,1H3. The lowest BCUT2D eigenvalue weighted by Gasteiger charge is -2.34. The Morgan fingerprint density at radius 1 is 1.25 bits per heavy atom. The summed E-state index contributed by atoms with van der Waals surface area (Å²) in [5.41, 5.74) is 5.99. The molecule has 0 bridgehead atoms. The molecular formula is C14H26N6. The molecule has 3 rings (SSSR count). The summed E-state index contributed by atoms with van der Waals surface area (Å²) in [6.45, 7) is 8.61. The summed E-state index contributed by atoms with van der Waals surface area (Å²) in [6, 6.07) is 1.13. The van der Waals surface area contributed by atoms with E-state index in [0.29, 0.717) is 12.1 Å². The minimum absolute atomic E-state index is 0.423. The first-order valence-corrected chi connectivity index (χ1v) is 7.85. The van der Waals surface area contributed by atoms with Crippen molar-refractivity contribution in [3.8, 4) is 0 Å². The molecular weight excluding hydrogens is 252 g/mol. The fourth-order valence-corrected chi connectivity index (χ4v) is 3.41. The van der Waals surface area contributed by atoms with Gasteiger partial charge in [0.1, 0.15) is 12.2 Å². The highest BCUT2D eigenvalue weighted by molar-refractivity contribution is 4.91. The van der Waals surface area contributed by atoms with E-state index >= 15 is 0 Å². The highest BCUT2D eigenvalue weighted by Crippen LogP contribution is 2.21. The summed E-state index contributed by atoms with van der Waals surface area (Å²) in [7, 11) is 0. The first-order chi connectivity index (χ1) is 9.76. The van der Waals surface area contributed by atoms with Crippen LogP contribution in [-0.4, -0.2) is 62.8 Å². The van der Waals surface area contributed by atoms with Gasteiger partial charge in [-0.1, -0.05) is 0 Å². The SMILES string of the molecule is CCn1ncnc1CN1CCC(N2CCC(N)CC2)C1. The molecule has 2 aliphatic heterocycles. The molecule has 1 atom stereocenters.